The first kappa shape index (κ1) is 24.6. The highest BCUT2D eigenvalue weighted by molar-refractivity contribution is 8.00. The maximum Gasteiger partial charge on any atom is 0.312 e. The second kappa shape index (κ2) is 9.61. The van der Waals surface area contributed by atoms with Gasteiger partial charge < -0.3 is 4.57 Å². The summed E-state index contributed by atoms with van der Waals surface area (Å²) in [6.45, 7) is 10.1. The van der Waals surface area contributed by atoms with E-state index in [-0.39, 0.29) is 23.9 Å². The number of aromatic nitrogens is 5. The number of aryl methyl sites for hydroxylation is 5. The third kappa shape index (κ3) is 4.70. The number of hydrogen-bond donors (Lipinski definition) is 0. The van der Waals surface area contributed by atoms with Crippen molar-refractivity contribution in [1.29, 1.82) is 0 Å². The number of anilines is 1. The molecule has 1 saturated heterocycles. The van der Waals surface area contributed by atoms with Crippen LogP contribution in [0.25, 0.3) is 0 Å². The fraction of sp³-hybridized carbons (Fsp3) is 0.435. The van der Waals surface area contributed by atoms with E-state index in [1.54, 1.807) is 18.5 Å². The Morgan fingerprint density at radius 2 is 1.80 bits per heavy atom. The Hall–Kier alpha value is -3.54. The number of carbonyl (C=O) groups is 2. The van der Waals surface area contributed by atoms with Crippen molar-refractivity contribution < 1.29 is 14.5 Å². The zero-order valence-corrected chi connectivity index (χ0v) is 21.1. The van der Waals surface area contributed by atoms with Crippen molar-refractivity contribution in [1.82, 2.24) is 24.5 Å². The Labute approximate surface area is 206 Å². The summed E-state index contributed by atoms with van der Waals surface area (Å²) in [6, 6.07) is 5.67. The topological polar surface area (TPSA) is 129 Å². The summed E-state index contributed by atoms with van der Waals surface area (Å²) in [4.78, 5) is 38.0. The molecule has 3 aromatic rings. The van der Waals surface area contributed by atoms with Gasteiger partial charge in [0.1, 0.15) is 22.5 Å². The molecule has 184 valence electrons. The van der Waals surface area contributed by atoms with Crippen molar-refractivity contribution in [3.05, 3.63) is 56.7 Å². The Balaban J connectivity index is 1.50. The maximum absolute atomic E-state index is 13.1. The molecule has 1 aliphatic rings. The van der Waals surface area contributed by atoms with Gasteiger partial charge in [0, 0.05) is 25.9 Å². The molecule has 0 radical (unpaired) electrons. The normalized spacial score (nSPS) is 15.9. The van der Waals surface area contributed by atoms with Crippen LogP contribution in [-0.2, 0) is 29.1 Å². The van der Waals surface area contributed by atoms with Crippen molar-refractivity contribution in [2.45, 2.75) is 71.0 Å². The molecule has 2 aromatic heterocycles. The first-order chi connectivity index (χ1) is 16.6. The summed E-state index contributed by atoms with van der Waals surface area (Å²) in [7, 11) is 0. The highest BCUT2D eigenvalue weighted by atomic mass is 32.2. The largest absolute Gasteiger partial charge is 0.312 e. The summed E-state index contributed by atoms with van der Waals surface area (Å²) in [5, 5.41) is 24.1. The number of nitrogens with zero attached hydrogens (tertiary/aromatic N) is 7. The summed E-state index contributed by atoms with van der Waals surface area (Å²) in [5.74, 6) is 0.201. The minimum Gasteiger partial charge on any atom is -0.306 e. The quantitative estimate of drug-likeness (QED) is 0.263. The number of carbonyl (C=O) groups excluding carboxylic acids is 2. The van der Waals surface area contributed by atoms with Crippen molar-refractivity contribution in [2.24, 2.45) is 0 Å². The molecule has 1 fully saturated rings. The Morgan fingerprint density at radius 3 is 2.40 bits per heavy atom. The summed E-state index contributed by atoms with van der Waals surface area (Å²) >= 11 is 1.24. The molecule has 0 aliphatic carbocycles. The van der Waals surface area contributed by atoms with E-state index in [9.17, 15) is 19.7 Å². The molecule has 0 bridgehead atoms. The van der Waals surface area contributed by atoms with Gasteiger partial charge in [-0.15, -0.1) is 10.2 Å². The lowest BCUT2D eigenvalue weighted by Gasteiger charge is -2.16. The smallest absolute Gasteiger partial charge is 0.306 e. The van der Waals surface area contributed by atoms with Gasteiger partial charge in [0.15, 0.2) is 5.16 Å². The van der Waals surface area contributed by atoms with Crippen LogP contribution >= 0.6 is 11.8 Å². The average molecular weight is 498 g/mol. The third-order valence-electron chi connectivity index (χ3n) is 6.00. The van der Waals surface area contributed by atoms with Crippen LogP contribution in [0.1, 0.15) is 41.7 Å². The van der Waals surface area contributed by atoms with Gasteiger partial charge in [0.25, 0.3) is 0 Å². The van der Waals surface area contributed by atoms with Crippen molar-refractivity contribution in [3.63, 3.8) is 0 Å². The van der Waals surface area contributed by atoms with Crippen LogP contribution in [0.5, 0.6) is 0 Å². The van der Waals surface area contributed by atoms with Crippen LogP contribution in [0, 0.1) is 37.8 Å². The van der Waals surface area contributed by atoms with Crippen LogP contribution in [0.15, 0.2) is 23.4 Å². The number of benzene rings is 1. The molecule has 4 rings (SSSR count). The lowest BCUT2D eigenvalue weighted by atomic mass is 10.1. The van der Waals surface area contributed by atoms with E-state index in [0.717, 1.165) is 11.1 Å². The number of thioether (sulfide) groups is 1. The lowest BCUT2D eigenvalue weighted by molar-refractivity contribution is -0.386. The molecule has 0 saturated carbocycles. The highest BCUT2D eigenvalue weighted by Crippen LogP contribution is 2.34. The van der Waals surface area contributed by atoms with E-state index in [1.807, 2.05) is 43.5 Å². The van der Waals surface area contributed by atoms with E-state index in [4.69, 9.17) is 0 Å². The molecule has 0 N–H and O–H groups in total. The summed E-state index contributed by atoms with van der Waals surface area (Å²) in [5.41, 5.74) is 3.46. The van der Waals surface area contributed by atoms with Gasteiger partial charge in [-0.05, 0) is 57.9 Å². The third-order valence-corrected chi connectivity index (χ3v) is 7.17. The van der Waals surface area contributed by atoms with Crippen LogP contribution in [0.2, 0.25) is 0 Å². The van der Waals surface area contributed by atoms with Gasteiger partial charge >= 0.3 is 5.69 Å². The van der Waals surface area contributed by atoms with Gasteiger partial charge in [-0.25, -0.2) is 4.90 Å². The fourth-order valence-electron chi connectivity index (χ4n) is 4.46. The molecule has 2 amide bonds. The van der Waals surface area contributed by atoms with E-state index in [0.29, 0.717) is 47.6 Å². The van der Waals surface area contributed by atoms with Crippen LogP contribution < -0.4 is 4.90 Å². The highest BCUT2D eigenvalue weighted by Gasteiger charge is 2.41. The minimum atomic E-state index is -0.579. The van der Waals surface area contributed by atoms with E-state index in [1.165, 1.54) is 16.7 Å². The van der Waals surface area contributed by atoms with Crippen molar-refractivity contribution in [2.75, 3.05) is 4.90 Å². The molecular weight excluding hydrogens is 470 g/mol. The number of amides is 2. The first-order valence-corrected chi connectivity index (χ1v) is 12.2. The number of hydrogen-bond acceptors (Lipinski definition) is 8. The van der Waals surface area contributed by atoms with Gasteiger partial charge in [-0.2, -0.15) is 5.10 Å². The predicted octanol–water partition coefficient (Wildman–Crippen LogP) is 3.30. The first-order valence-electron chi connectivity index (χ1n) is 11.3. The van der Waals surface area contributed by atoms with Crippen molar-refractivity contribution >= 4 is 35.0 Å². The monoisotopic (exact) mass is 497 g/mol. The number of nitro groups is 1. The van der Waals surface area contributed by atoms with Gasteiger partial charge in [0.2, 0.25) is 11.8 Å². The molecule has 1 atom stereocenters. The van der Waals surface area contributed by atoms with E-state index >= 15 is 0 Å². The molecule has 1 aliphatic heterocycles. The van der Waals surface area contributed by atoms with Crippen LogP contribution in [0.4, 0.5) is 11.4 Å². The van der Waals surface area contributed by atoms with Crippen LogP contribution in [0.3, 0.4) is 0 Å². The Bertz CT molecular complexity index is 1310. The fourth-order valence-corrected chi connectivity index (χ4v) is 5.59. The molecule has 0 unspecified atom stereocenters. The molecule has 35 heavy (non-hydrogen) atoms. The van der Waals surface area contributed by atoms with E-state index in [2.05, 4.69) is 15.3 Å². The van der Waals surface area contributed by atoms with Gasteiger partial charge in [0.05, 0.1) is 10.6 Å². The second-order valence-electron chi connectivity index (χ2n) is 8.62. The molecule has 1 aromatic carbocycles. The van der Waals surface area contributed by atoms with E-state index < -0.39 is 10.2 Å². The zero-order chi connectivity index (χ0) is 25.4. The standard InChI is InChI=1S/C23H27N7O4S/c1-6-27-19(7-8-28-16(5)21(30(33)34)15(4)26-28)24-25-23(27)35-18-12-20(31)29(22(18)32)17-10-13(2)9-14(3)11-17/h9-11,18H,6-8,12H2,1-5H3/t18-/m1/s1. The average Bonchev–Trinajstić information content (AvgIpc) is 3.38. The summed E-state index contributed by atoms with van der Waals surface area (Å²) < 4.78 is 3.51. The van der Waals surface area contributed by atoms with Crippen LogP contribution in [-0.4, -0.2) is 46.5 Å². The Morgan fingerprint density at radius 1 is 1.11 bits per heavy atom. The maximum atomic E-state index is 13.1. The summed E-state index contributed by atoms with van der Waals surface area (Å²) in [6.07, 6.45) is 0.560. The minimum absolute atomic E-state index is 0.0240. The second-order valence-corrected chi connectivity index (χ2v) is 9.79. The zero-order valence-electron chi connectivity index (χ0n) is 20.3. The predicted molar refractivity (Wildman–Crippen MR) is 130 cm³/mol. The number of imide groups is 1. The number of rotatable bonds is 8. The molecule has 3 heterocycles. The lowest BCUT2D eigenvalue weighted by Crippen LogP contribution is -2.31. The van der Waals surface area contributed by atoms with Gasteiger partial charge in [-0.3, -0.25) is 24.4 Å². The van der Waals surface area contributed by atoms with Gasteiger partial charge in [-0.1, -0.05) is 17.8 Å². The molecular formula is C23H27N7O4S. The van der Waals surface area contributed by atoms with Crippen molar-refractivity contribution in [3.8, 4) is 0 Å². The molecule has 11 nitrogen and oxygen atoms in total. The molecule has 12 heteroatoms. The molecule has 0 spiro atoms. The SMILES string of the molecule is CCn1c(CCn2nc(C)c([N+](=O)[O-])c2C)nnc1S[C@@H]1CC(=O)N(c2cc(C)cc(C)c2)C1=O. The Kier molecular flexibility index (Phi) is 6.75.